The lowest BCUT2D eigenvalue weighted by atomic mass is 9.87. The van der Waals surface area contributed by atoms with E-state index in [1.165, 1.54) is 173 Å². The highest BCUT2D eigenvalue weighted by atomic mass is 32.2. The van der Waals surface area contributed by atoms with Gasteiger partial charge in [0.1, 0.15) is 10.1 Å². The molecule has 0 heterocycles. The third kappa shape index (κ3) is 18.9. The van der Waals surface area contributed by atoms with Gasteiger partial charge in [0.25, 0.3) is 0 Å². The third-order valence-corrected chi connectivity index (χ3v) is 17.4. The minimum absolute atomic E-state index is 0.0672. The Balaban J connectivity index is 3.40. The van der Waals surface area contributed by atoms with Crippen LogP contribution in [0.5, 0.6) is 0 Å². The summed E-state index contributed by atoms with van der Waals surface area (Å²) in [7, 11) is -5.94. The third-order valence-electron chi connectivity index (χ3n) is 10.8. The van der Waals surface area contributed by atoms with Crippen LogP contribution in [-0.2, 0) is 10.1 Å². The molecule has 0 aromatic heterocycles. The molecule has 2 atom stereocenters. The Labute approximate surface area is 295 Å². The van der Waals surface area contributed by atoms with Gasteiger partial charge in [-0.3, -0.25) is 0 Å². The van der Waals surface area contributed by atoms with Crippen LogP contribution < -0.4 is 0 Å². The molecule has 47 heavy (non-hydrogen) atoms. The predicted molar refractivity (Wildman–Crippen MR) is 211 cm³/mol. The summed E-state index contributed by atoms with van der Waals surface area (Å²) in [5.41, 5.74) is 1.38. The number of benzene rings is 1. The largest absolute Gasteiger partial charge is 0.744 e. The molecule has 1 aromatic carbocycles. The Bertz CT molecular complexity index is 941. The van der Waals surface area contributed by atoms with Crippen LogP contribution in [0.15, 0.2) is 29.2 Å². The summed E-state index contributed by atoms with van der Waals surface area (Å²) in [4.78, 5) is 0.0672. The molecule has 1 rings (SSSR count). The number of hydrogen-bond donors (Lipinski definition) is 0. The van der Waals surface area contributed by atoms with Gasteiger partial charge in [0.2, 0.25) is 0 Å². The van der Waals surface area contributed by atoms with Gasteiger partial charge < -0.3 is 4.55 Å². The van der Waals surface area contributed by atoms with Crippen molar-refractivity contribution < 1.29 is 13.0 Å². The molecule has 0 aliphatic rings. The zero-order valence-corrected chi connectivity index (χ0v) is 33.8. The molecule has 0 bridgehead atoms. The molecule has 0 fully saturated rings. The van der Waals surface area contributed by atoms with E-state index in [9.17, 15) is 13.0 Å². The molecule has 3 nitrogen and oxygen atoms in total. The fourth-order valence-corrected chi connectivity index (χ4v) is 15.1. The molecule has 276 valence electrons. The molecule has 0 radical (unpaired) electrons. The maximum Gasteiger partial charge on any atom is 0.124 e. The number of rotatable bonds is 33. The van der Waals surface area contributed by atoms with E-state index >= 15 is 0 Å². The van der Waals surface area contributed by atoms with Gasteiger partial charge in [-0.1, -0.05) is 181 Å². The van der Waals surface area contributed by atoms with Crippen LogP contribution in [0.4, 0.5) is 0 Å². The highest BCUT2D eigenvalue weighted by molar-refractivity contribution is 7.85. The van der Waals surface area contributed by atoms with Gasteiger partial charge in [-0.2, -0.15) is 0 Å². The average Bonchev–Trinajstić information content (AvgIpc) is 3.07. The maximum absolute atomic E-state index is 12.7. The molecule has 2 unspecified atom stereocenters. The van der Waals surface area contributed by atoms with Crippen molar-refractivity contribution in [2.75, 3.05) is 18.5 Å². The Kier molecular flexibility index (Phi) is 26.8. The highest BCUT2D eigenvalue weighted by Crippen LogP contribution is 2.69. The van der Waals surface area contributed by atoms with Crippen molar-refractivity contribution in [3.05, 3.63) is 29.8 Å². The first-order valence-electron chi connectivity index (χ1n) is 20.7. The van der Waals surface area contributed by atoms with Gasteiger partial charge in [0, 0.05) is 13.2 Å². The van der Waals surface area contributed by atoms with E-state index in [-0.39, 0.29) is 10.8 Å². The molecular formula is C42H79O3PS. The van der Waals surface area contributed by atoms with E-state index in [1.807, 2.05) is 12.1 Å². The van der Waals surface area contributed by atoms with Gasteiger partial charge in [-0.25, -0.2) is 8.42 Å². The van der Waals surface area contributed by atoms with Crippen LogP contribution in [0, 0.1) is 0 Å². The van der Waals surface area contributed by atoms with Crippen molar-refractivity contribution in [1.29, 1.82) is 0 Å². The quantitative estimate of drug-likeness (QED) is 0.0418. The second-order valence-electron chi connectivity index (χ2n) is 14.9. The van der Waals surface area contributed by atoms with Crippen LogP contribution in [0.3, 0.4) is 0 Å². The van der Waals surface area contributed by atoms with E-state index in [2.05, 4.69) is 34.6 Å². The van der Waals surface area contributed by atoms with Crippen molar-refractivity contribution in [2.24, 2.45) is 0 Å². The molecule has 0 spiro atoms. The molecule has 0 aliphatic heterocycles. The summed E-state index contributed by atoms with van der Waals surface area (Å²) in [6, 6.07) is 7.39. The molecule has 5 heteroatoms. The van der Waals surface area contributed by atoms with E-state index in [1.54, 1.807) is 12.1 Å². The van der Waals surface area contributed by atoms with Gasteiger partial charge in [-0.05, 0) is 50.2 Å². The van der Waals surface area contributed by atoms with Gasteiger partial charge >= 0.3 is 0 Å². The summed E-state index contributed by atoms with van der Waals surface area (Å²) in [5, 5.41) is 0. The monoisotopic (exact) mass is 695 g/mol. The zero-order chi connectivity index (χ0) is 34.6. The summed E-state index contributed by atoms with van der Waals surface area (Å²) in [6.45, 7) is 11.6. The Morgan fingerprint density at radius 2 is 0.872 bits per heavy atom. The molecule has 0 aliphatic carbocycles. The van der Waals surface area contributed by atoms with E-state index in [0.717, 1.165) is 18.4 Å². The molecular weight excluding hydrogens is 616 g/mol. The maximum atomic E-state index is 12.7. The summed E-state index contributed by atoms with van der Waals surface area (Å²) >= 11 is 0. The second kappa shape index (κ2) is 28.3. The fourth-order valence-electron chi connectivity index (χ4n) is 8.02. The minimum Gasteiger partial charge on any atom is -0.744 e. The van der Waals surface area contributed by atoms with Gasteiger partial charge in [0.15, 0.2) is 0 Å². The van der Waals surface area contributed by atoms with Crippen LogP contribution in [-0.4, -0.2) is 37.1 Å². The highest BCUT2D eigenvalue weighted by Gasteiger charge is 2.48. The molecule has 1 aromatic rings. The standard InChI is InChI=1S/C42H79O3PS/c1-6-11-16-18-20-22-24-26-28-32-39(40-33-30-31-35-42(40)47(43,44)45)41(34-29-27-25-23-21-19-17-12-7-2)46(36-13-8-3,37-14-9-4)38-15-10-5/h30-31,33,35,39,41H,6-29,32,34,36-38H2,1-5H3. The second-order valence-corrected chi connectivity index (χ2v) is 20.6. The first-order valence-corrected chi connectivity index (χ1v) is 24.5. The van der Waals surface area contributed by atoms with Crippen molar-refractivity contribution in [2.45, 2.75) is 218 Å². The van der Waals surface area contributed by atoms with Crippen LogP contribution in [0.25, 0.3) is 0 Å². The van der Waals surface area contributed by atoms with Crippen molar-refractivity contribution in [1.82, 2.24) is 0 Å². The number of hydrogen-bond acceptors (Lipinski definition) is 3. The van der Waals surface area contributed by atoms with E-state index in [0.29, 0.717) is 5.66 Å². The molecule has 0 N–H and O–H groups in total. The average molecular weight is 695 g/mol. The fraction of sp³-hybridized carbons (Fsp3) is 0.857. The lowest BCUT2D eigenvalue weighted by Crippen LogP contribution is -2.30. The van der Waals surface area contributed by atoms with Crippen LogP contribution in [0.2, 0.25) is 0 Å². The number of unbranched alkanes of at least 4 members (excludes halogenated alkanes) is 19. The lowest BCUT2D eigenvalue weighted by molar-refractivity contribution is 0.453. The Morgan fingerprint density at radius 3 is 1.28 bits per heavy atom. The molecule has 0 saturated heterocycles. The SMILES string of the molecule is CCCCCCCCCCCC(c1ccccc1S(=O)(=O)[O-])C(CCCCCCCCCCC)[P+](CCCC)(CCCC)CCCC. The Morgan fingerprint density at radius 1 is 0.511 bits per heavy atom. The molecule has 0 amide bonds. The topological polar surface area (TPSA) is 57.2 Å². The van der Waals surface area contributed by atoms with E-state index in [4.69, 9.17) is 0 Å². The predicted octanol–water partition coefficient (Wildman–Crippen LogP) is 14.3. The van der Waals surface area contributed by atoms with Crippen LogP contribution >= 0.6 is 7.26 Å². The van der Waals surface area contributed by atoms with Crippen molar-refractivity contribution >= 4 is 17.4 Å². The summed E-state index contributed by atoms with van der Waals surface area (Å²) < 4.78 is 38.2. The normalized spacial score (nSPS) is 13.7. The van der Waals surface area contributed by atoms with Gasteiger partial charge in [-0.15, -0.1) is 0 Å². The van der Waals surface area contributed by atoms with Crippen molar-refractivity contribution in [3.63, 3.8) is 0 Å². The summed E-state index contributed by atoms with van der Waals surface area (Å²) in [6.07, 6.45) is 37.3. The van der Waals surface area contributed by atoms with Gasteiger partial charge in [0.05, 0.1) is 29.0 Å². The zero-order valence-electron chi connectivity index (χ0n) is 32.1. The van der Waals surface area contributed by atoms with Crippen LogP contribution in [0.1, 0.15) is 213 Å². The minimum atomic E-state index is -4.54. The molecule has 0 saturated carbocycles. The lowest BCUT2D eigenvalue weighted by Gasteiger charge is -2.41. The first kappa shape index (κ1) is 44.6. The van der Waals surface area contributed by atoms with Crippen molar-refractivity contribution in [3.8, 4) is 0 Å². The van der Waals surface area contributed by atoms with E-state index < -0.39 is 17.4 Å². The first-order chi connectivity index (χ1) is 22.8. The smallest absolute Gasteiger partial charge is 0.124 e. The summed E-state index contributed by atoms with van der Waals surface area (Å²) in [5.74, 6) is 0.174. The Hall–Kier alpha value is -0.440.